The highest BCUT2D eigenvalue weighted by atomic mass is 32.2. The lowest BCUT2D eigenvalue weighted by molar-refractivity contribution is 0.0975. The van der Waals surface area contributed by atoms with Crippen LogP contribution in [-0.2, 0) is 17.1 Å². The molecule has 8 heteroatoms. The summed E-state index contributed by atoms with van der Waals surface area (Å²) in [6.45, 7) is 0.441. The maximum Gasteiger partial charge on any atom is 0.235 e. The van der Waals surface area contributed by atoms with Gasteiger partial charge in [-0.2, -0.15) is 5.26 Å². The summed E-state index contributed by atoms with van der Waals surface area (Å²) < 4.78 is 27.2. The van der Waals surface area contributed by atoms with E-state index in [1.165, 1.54) is 4.31 Å². The molecule has 0 bridgehead atoms. The molecule has 0 radical (unpaired) electrons. The Labute approximate surface area is 162 Å². The van der Waals surface area contributed by atoms with Crippen LogP contribution in [0.15, 0.2) is 48.5 Å². The molecule has 142 valence electrons. The van der Waals surface area contributed by atoms with Gasteiger partial charge < -0.3 is 4.57 Å². The van der Waals surface area contributed by atoms with E-state index in [1.54, 1.807) is 35.9 Å². The van der Waals surface area contributed by atoms with E-state index in [4.69, 9.17) is 0 Å². The number of nitrogens with zero attached hydrogens (tertiary/aromatic N) is 4. The molecule has 0 N–H and O–H groups in total. The van der Waals surface area contributed by atoms with Crippen molar-refractivity contribution < 1.29 is 13.2 Å². The summed E-state index contributed by atoms with van der Waals surface area (Å²) in [6.07, 6.45) is 0.590. The average Bonchev–Trinajstić information content (AvgIpc) is 3.22. The van der Waals surface area contributed by atoms with Crippen LogP contribution in [0.5, 0.6) is 0 Å². The van der Waals surface area contributed by atoms with Gasteiger partial charge in [0, 0.05) is 19.2 Å². The summed E-state index contributed by atoms with van der Waals surface area (Å²) in [5.41, 5.74) is 2.45. The highest BCUT2D eigenvalue weighted by Gasteiger charge is 2.30. The summed E-state index contributed by atoms with van der Waals surface area (Å²) in [5.74, 6) is -0.882. The molecular formula is C20H18N4O3S. The van der Waals surface area contributed by atoms with E-state index in [9.17, 15) is 18.5 Å². The largest absolute Gasteiger partial charge is 0.330 e. The minimum atomic E-state index is -3.27. The van der Waals surface area contributed by atoms with Crippen LogP contribution in [0.1, 0.15) is 28.5 Å². The molecule has 1 saturated heterocycles. The summed E-state index contributed by atoms with van der Waals surface area (Å²) in [7, 11) is -1.49. The zero-order valence-corrected chi connectivity index (χ0v) is 16.1. The van der Waals surface area contributed by atoms with Gasteiger partial charge in [-0.15, -0.1) is 0 Å². The van der Waals surface area contributed by atoms with Crippen molar-refractivity contribution in [3.63, 3.8) is 0 Å². The number of aryl methyl sites for hydroxylation is 1. The summed E-state index contributed by atoms with van der Waals surface area (Å²) in [4.78, 5) is 17.4. The Hall–Kier alpha value is -3.18. The minimum Gasteiger partial charge on any atom is -0.330 e. The minimum absolute atomic E-state index is 0.136. The van der Waals surface area contributed by atoms with Crippen LogP contribution in [-0.4, -0.2) is 36.0 Å². The first-order valence-electron chi connectivity index (χ1n) is 8.88. The van der Waals surface area contributed by atoms with E-state index >= 15 is 0 Å². The lowest BCUT2D eigenvalue weighted by Crippen LogP contribution is -2.25. The predicted molar refractivity (Wildman–Crippen MR) is 106 cm³/mol. The number of ketones is 1. The Kier molecular flexibility index (Phi) is 4.40. The fraction of sp³-hybridized carbons (Fsp3) is 0.250. The van der Waals surface area contributed by atoms with Gasteiger partial charge in [-0.25, -0.2) is 13.4 Å². The van der Waals surface area contributed by atoms with E-state index < -0.39 is 15.9 Å². The number of hydrogen-bond donors (Lipinski definition) is 0. The molecular weight excluding hydrogens is 376 g/mol. The number of sulfonamides is 1. The molecule has 7 nitrogen and oxygen atoms in total. The van der Waals surface area contributed by atoms with E-state index in [1.807, 2.05) is 24.3 Å². The molecule has 1 aliphatic rings. The quantitative estimate of drug-likeness (QED) is 0.634. The number of rotatable bonds is 4. The van der Waals surface area contributed by atoms with Crippen molar-refractivity contribution in [1.82, 2.24) is 9.55 Å². The highest BCUT2D eigenvalue weighted by molar-refractivity contribution is 7.93. The van der Waals surface area contributed by atoms with Gasteiger partial charge in [-0.1, -0.05) is 12.1 Å². The number of nitriles is 1. The maximum absolute atomic E-state index is 13.0. The second-order valence-electron chi connectivity index (χ2n) is 6.73. The molecule has 1 unspecified atom stereocenters. The van der Waals surface area contributed by atoms with Crippen molar-refractivity contribution >= 4 is 32.5 Å². The lowest BCUT2D eigenvalue weighted by Gasteiger charge is -2.17. The van der Waals surface area contributed by atoms with E-state index in [0.29, 0.717) is 30.0 Å². The molecule has 0 saturated carbocycles. The molecule has 28 heavy (non-hydrogen) atoms. The first-order chi connectivity index (χ1) is 13.4. The number of hydrogen-bond acceptors (Lipinski definition) is 5. The SMILES string of the molecule is Cn1c(C(C#N)C(=O)c2ccc(N3CCCS3(=O)=O)cc2)nc2ccccc21. The topological polar surface area (TPSA) is 96.1 Å². The van der Waals surface area contributed by atoms with Crippen LogP contribution >= 0.6 is 0 Å². The number of aromatic nitrogens is 2. The normalized spacial score (nSPS) is 16.8. The lowest BCUT2D eigenvalue weighted by atomic mass is 9.98. The van der Waals surface area contributed by atoms with Crippen LogP contribution in [0.2, 0.25) is 0 Å². The second kappa shape index (κ2) is 6.77. The van der Waals surface area contributed by atoms with Gasteiger partial charge in [0.2, 0.25) is 10.0 Å². The molecule has 0 amide bonds. The molecule has 2 heterocycles. The molecule has 1 fully saturated rings. The fourth-order valence-corrected chi connectivity index (χ4v) is 5.11. The number of imidazole rings is 1. The van der Waals surface area contributed by atoms with Crippen LogP contribution in [0.3, 0.4) is 0 Å². The van der Waals surface area contributed by atoms with Gasteiger partial charge in [-0.05, 0) is 42.8 Å². The monoisotopic (exact) mass is 394 g/mol. The molecule has 1 atom stereocenters. The zero-order chi connectivity index (χ0) is 19.9. The third kappa shape index (κ3) is 2.94. The Morgan fingerprint density at radius 3 is 2.50 bits per heavy atom. The Morgan fingerprint density at radius 1 is 1.18 bits per heavy atom. The number of Topliss-reactive ketones (excluding diaryl/α,β-unsaturated/α-hetero) is 1. The van der Waals surface area contributed by atoms with Gasteiger partial charge in [-0.3, -0.25) is 9.10 Å². The molecule has 3 aromatic rings. The number of para-hydroxylation sites is 2. The van der Waals surface area contributed by atoms with Gasteiger partial charge in [0.25, 0.3) is 0 Å². The Balaban J connectivity index is 1.66. The van der Waals surface area contributed by atoms with Crippen molar-refractivity contribution in [2.24, 2.45) is 7.05 Å². The van der Waals surface area contributed by atoms with Crippen molar-refractivity contribution in [2.45, 2.75) is 12.3 Å². The molecule has 2 aromatic carbocycles. The number of anilines is 1. The van der Waals surface area contributed by atoms with Crippen LogP contribution in [0, 0.1) is 11.3 Å². The van der Waals surface area contributed by atoms with Gasteiger partial charge in [0.15, 0.2) is 11.7 Å². The summed E-state index contributed by atoms with van der Waals surface area (Å²) in [5, 5.41) is 9.64. The number of carbonyl (C=O) groups is 1. The Bertz CT molecular complexity index is 1210. The summed E-state index contributed by atoms with van der Waals surface area (Å²) in [6, 6.07) is 15.9. The molecule has 1 aliphatic heterocycles. The average molecular weight is 394 g/mol. The zero-order valence-electron chi connectivity index (χ0n) is 15.2. The second-order valence-corrected chi connectivity index (χ2v) is 8.75. The molecule has 0 aliphatic carbocycles. The van der Waals surface area contributed by atoms with Crippen molar-refractivity contribution in [3.05, 3.63) is 59.9 Å². The molecule has 1 aromatic heterocycles. The number of fused-ring (bicyclic) bond motifs is 1. The number of benzene rings is 2. The predicted octanol–water partition coefficient (Wildman–Crippen LogP) is 2.60. The van der Waals surface area contributed by atoms with Crippen molar-refractivity contribution in [3.8, 4) is 6.07 Å². The van der Waals surface area contributed by atoms with Gasteiger partial charge in [0.1, 0.15) is 5.82 Å². The number of carbonyl (C=O) groups excluding carboxylic acids is 1. The third-order valence-electron chi connectivity index (χ3n) is 5.01. The van der Waals surface area contributed by atoms with E-state index in [0.717, 1.165) is 11.0 Å². The first kappa shape index (κ1) is 18.2. The van der Waals surface area contributed by atoms with Crippen LogP contribution in [0.4, 0.5) is 5.69 Å². The third-order valence-corrected chi connectivity index (χ3v) is 6.88. The summed E-state index contributed by atoms with van der Waals surface area (Å²) >= 11 is 0. The van der Waals surface area contributed by atoms with Gasteiger partial charge in [0.05, 0.1) is 28.5 Å². The van der Waals surface area contributed by atoms with E-state index in [-0.39, 0.29) is 11.5 Å². The maximum atomic E-state index is 13.0. The van der Waals surface area contributed by atoms with E-state index in [2.05, 4.69) is 11.1 Å². The molecule has 4 rings (SSSR count). The smallest absolute Gasteiger partial charge is 0.235 e. The van der Waals surface area contributed by atoms with Crippen molar-refractivity contribution in [1.29, 1.82) is 5.26 Å². The van der Waals surface area contributed by atoms with Gasteiger partial charge >= 0.3 is 0 Å². The highest BCUT2D eigenvalue weighted by Crippen LogP contribution is 2.27. The van der Waals surface area contributed by atoms with Crippen molar-refractivity contribution in [2.75, 3.05) is 16.6 Å². The Morgan fingerprint density at radius 2 is 1.89 bits per heavy atom. The van der Waals surface area contributed by atoms with Crippen LogP contribution < -0.4 is 4.31 Å². The molecule has 0 spiro atoms. The first-order valence-corrected chi connectivity index (χ1v) is 10.5. The fourth-order valence-electron chi connectivity index (χ4n) is 3.54. The van der Waals surface area contributed by atoms with Crippen LogP contribution in [0.25, 0.3) is 11.0 Å². The standard InChI is InChI=1S/C20H18N4O3S/c1-23-18-6-3-2-5-17(18)22-20(23)16(13-21)19(25)14-7-9-15(10-8-14)24-11-4-12-28(24,26)27/h2-3,5-10,16H,4,11-12H2,1H3.